The number of anilines is 1. The average molecular weight is 524 g/mol. The minimum absolute atomic E-state index is 0.249. The fraction of sp³-hybridized carbons (Fsp3) is 0.484. The van der Waals surface area contributed by atoms with Gasteiger partial charge in [0, 0.05) is 41.0 Å². The molecular weight excluding hydrogens is 486 g/mol. The number of imidazole rings is 1. The number of ether oxygens (including phenoxy) is 1. The highest BCUT2D eigenvalue weighted by Crippen LogP contribution is 2.40. The normalized spacial score (nSPS) is 18.5. The van der Waals surface area contributed by atoms with Crippen LogP contribution < -0.4 is 9.64 Å². The van der Waals surface area contributed by atoms with Crippen LogP contribution in [0.15, 0.2) is 30.5 Å². The molecule has 7 rings (SSSR count). The molecule has 8 nitrogen and oxygen atoms in total. The van der Waals surface area contributed by atoms with Gasteiger partial charge in [0.1, 0.15) is 29.8 Å². The molecule has 0 atom stereocenters. The number of hydrogen-bond donors (Lipinski definition) is 1. The number of nitrogens with one attached hydrogen (secondary N) is 1. The first kappa shape index (κ1) is 24.5. The first-order valence-corrected chi connectivity index (χ1v) is 14.2. The monoisotopic (exact) mass is 523 g/mol. The van der Waals surface area contributed by atoms with E-state index in [1.165, 1.54) is 29.7 Å². The lowest BCUT2D eigenvalue weighted by Gasteiger charge is -2.34. The molecule has 0 spiro atoms. The second-order valence-electron chi connectivity index (χ2n) is 12.6. The summed E-state index contributed by atoms with van der Waals surface area (Å²) in [5.41, 5.74) is 7.98. The van der Waals surface area contributed by atoms with Gasteiger partial charge < -0.3 is 19.5 Å². The van der Waals surface area contributed by atoms with Crippen LogP contribution in [0.2, 0.25) is 0 Å². The highest BCUT2D eigenvalue weighted by molar-refractivity contribution is 5.78. The van der Waals surface area contributed by atoms with Crippen LogP contribution in [0.1, 0.15) is 67.5 Å². The molecule has 4 heterocycles. The van der Waals surface area contributed by atoms with Crippen LogP contribution in [0.5, 0.6) is 5.75 Å². The quantitative estimate of drug-likeness (QED) is 0.382. The summed E-state index contributed by atoms with van der Waals surface area (Å²) in [5, 5.41) is 0. The standard InChI is InChI=1S/C31H37N7O/c1-31(2)10-9-24-23(15-31)30(35-27(33-24)18-37(3)4)38-11-12-39-26-8-7-20(13-22(26)17-38)21-14-25-29(32-16-21)36-28(34-25)19-5-6-19/h7-8,13-14,16,19H,5-6,9-12,15,17-18H2,1-4H3,(H,32,34,36). The molecule has 1 N–H and O–H groups in total. The van der Waals surface area contributed by atoms with Gasteiger partial charge in [-0.15, -0.1) is 0 Å². The van der Waals surface area contributed by atoms with Crippen molar-refractivity contribution >= 4 is 17.0 Å². The summed E-state index contributed by atoms with van der Waals surface area (Å²) >= 11 is 0. The van der Waals surface area contributed by atoms with Gasteiger partial charge in [-0.2, -0.15) is 0 Å². The van der Waals surface area contributed by atoms with E-state index < -0.39 is 0 Å². The molecular formula is C31H37N7O. The van der Waals surface area contributed by atoms with Gasteiger partial charge in [0.2, 0.25) is 0 Å². The van der Waals surface area contributed by atoms with Crippen LogP contribution in [0.25, 0.3) is 22.3 Å². The third-order valence-electron chi connectivity index (χ3n) is 8.26. The third kappa shape index (κ3) is 4.86. The molecule has 0 saturated heterocycles. The fourth-order valence-corrected chi connectivity index (χ4v) is 5.98. The lowest BCUT2D eigenvalue weighted by Crippen LogP contribution is -2.32. The molecule has 8 heteroatoms. The van der Waals surface area contributed by atoms with Crippen LogP contribution in [0.3, 0.4) is 0 Å². The van der Waals surface area contributed by atoms with Crippen molar-refractivity contribution in [3.05, 3.63) is 58.9 Å². The second-order valence-corrected chi connectivity index (χ2v) is 12.6. The number of rotatable bonds is 5. The summed E-state index contributed by atoms with van der Waals surface area (Å²) in [5.74, 6) is 4.58. The van der Waals surface area contributed by atoms with Crippen molar-refractivity contribution in [2.24, 2.45) is 5.41 Å². The Labute approximate surface area is 229 Å². The van der Waals surface area contributed by atoms with E-state index in [0.717, 1.165) is 84.4 Å². The minimum atomic E-state index is 0.249. The van der Waals surface area contributed by atoms with Gasteiger partial charge in [-0.25, -0.2) is 19.9 Å². The lowest BCUT2D eigenvalue weighted by molar-refractivity contribution is 0.308. The second kappa shape index (κ2) is 9.30. The highest BCUT2D eigenvalue weighted by Gasteiger charge is 2.32. The van der Waals surface area contributed by atoms with E-state index in [-0.39, 0.29) is 5.41 Å². The molecule has 4 aromatic rings. The summed E-state index contributed by atoms with van der Waals surface area (Å²) < 4.78 is 6.25. The molecule has 2 aliphatic carbocycles. The number of aromatic amines is 1. The summed E-state index contributed by atoms with van der Waals surface area (Å²) in [7, 11) is 4.15. The van der Waals surface area contributed by atoms with Gasteiger partial charge in [0.25, 0.3) is 0 Å². The van der Waals surface area contributed by atoms with E-state index in [1.54, 1.807) is 0 Å². The molecule has 1 saturated carbocycles. The van der Waals surface area contributed by atoms with E-state index in [2.05, 4.69) is 72.0 Å². The Hall–Kier alpha value is -3.52. The molecule has 39 heavy (non-hydrogen) atoms. The largest absolute Gasteiger partial charge is 0.491 e. The number of H-pyrrole nitrogens is 1. The first-order valence-electron chi connectivity index (χ1n) is 14.2. The molecule has 0 unspecified atom stereocenters. The van der Waals surface area contributed by atoms with Gasteiger partial charge >= 0.3 is 0 Å². The summed E-state index contributed by atoms with van der Waals surface area (Å²) in [6, 6.07) is 8.68. The van der Waals surface area contributed by atoms with Crippen molar-refractivity contribution in [2.45, 2.75) is 65.0 Å². The van der Waals surface area contributed by atoms with Crippen molar-refractivity contribution in [1.82, 2.24) is 29.8 Å². The highest BCUT2D eigenvalue weighted by atomic mass is 16.5. The maximum absolute atomic E-state index is 6.25. The van der Waals surface area contributed by atoms with Crippen LogP contribution in [0.4, 0.5) is 5.82 Å². The number of fused-ring (bicyclic) bond motifs is 3. The lowest BCUT2D eigenvalue weighted by atomic mass is 9.76. The number of nitrogens with zero attached hydrogens (tertiary/aromatic N) is 6. The van der Waals surface area contributed by atoms with Crippen molar-refractivity contribution in [2.75, 3.05) is 32.1 Å². The Morgan fingerprint density at radius 2 is 1.97 bits per heavy atom. The number of aromatic nitrogens is 5. The first-order chi connectivity index (χ1) is 18.8. The van der Waals surface area contributed by atoms with Crippen molar-refractivity contribution in [3.63, 3.8) is 0 Å². The smallest absolute Gasteiger partial charge is 0.177 e. The molecule has 3 aliphatic rings. The maximum Gasteiger partial charge on any atom is 0.177 e. The Morgan fingerprint density at radius 1 is 1.10 bits per heavy atom. The Balaban J connectivity index is 1.24. The Kier molecular flexibility index (Phi) is 5.84. The number of aryl methyl sites for hydroxylation is 1. The fourth-order valence-electron chi connectivity index (χ4n) is 5.98. The number of benzene rings is 1. The van der Waals surface area contributed by atoms with Gasteiger partial charge in [0.15, 0.2) is 5.65 Å². The topological polar surface area (TPSA) is 83.1 Å². The zero-order valence-electron chi connectivity index (χ0n) is 23.4. The van der Waals surface area contributed by atoms with Crippen LogP contribution in [-0.4, -0.2) is 57.1 Å². The van der Waals surface area contributed by atoms with E-state index in [4.69, 9.17) is 19.7 Å². The van der Waals surface area contributed by atoms with E-state index in [1.807, 2.05) is 6.20 Å². The van der Waals surface area contributed by atoms with Crippen molar-refractivity contribution < 1.29 is 4.74 Å². The molecule has 3 aromatic heterocycles. The van der Waals surface area contributed by atoms with Crippen molar-refractivity contribution in [1.29, 1.82) is 0 Å². The summed E-state index contributed by atoms with van der Waals surface area (Å²) in [6.07, 6.45) is 7.55. The summed E-state index contributed by atoms with van der Waals surface area (Å²) in [6.45, 7) is 7.63. The molecule has 1 fully saturated rings. The number of pyridine rings is 1. The van der Waals surface area contributed by atoms with Gasteiger partial charge in [-0.3, -0.25) is 0 Å². The minimum Gasteiger partial charge on any atom is -0.491 e. The maximum atomic E-state index is 6.25. The van der Waals surface area contributed by atoms with Crippen molar-refractivity contribution in [3.8, 4) is 16.9 Å². The van der Waals surface area contributed by atoms with Gasteiger partial charge in [-0.1, -0.05) is 19.9 Å². The van der Waals surface area contributed by atoms with Gasteiger partial charge in [0.05, 0.1) is 18.6 Å². The van der Waals surface area contributed by atoms with Crippen LogP contribution in [-0.2, 0) is 25.9 Å². The summed E-state index contributed by atoms with van der Waals surface area (Å²) in [4.78, 5) is 27.6. The molecule has 202 valence electrons. The molecule has 1 aromatic carbocycles. The van der Waals surface area contributed by atoms with E-state index in [0.29, 0.717) is 12.5 Å². The van der Waals surface area contributed by atoms with E-state index >= 15 is 0 Å². The predicted molar refractivity (Wildman–Crippen MR) is 153 cm³/mol. The SMILES string of the molecule is CN(C)Cc1nc2c(c(N3CCOc4ccc(-c5cnc6nc(C7CC7)[nH]c6c5)cc4C3)n1)CC(C)(C)CC2. The Bertz CT molecular complexity index is 1550. The third-order valence-corrected chi connectivity index (χ3v) is 8.26. The predicted octanol–water partition coefficient (Wildman–Crippen LogP) is 5.27. The Morgan fingerprint density at radius 3 is 2.79 bits per heavy atom. The van der Waals surface area contributed by atoms with Gasteiger partial charge in [-0.05, 0) is 75.4 Å². The molecule has 0 amide bonds. The van der Waals surface area contributed by atoms with Crippen LogP contribution >= 0.6 is 0 Å². The zero-order valence-corrected chi connectivity index (χ0v) is 23.4. The zero-order chi connectivity index (χ0) is 26.7. The average Bonchev–Trinajstić information content (AvgIpc) is 3.69. The molecule has 0 bridgehead atoms. The molecule has 0 radical (unpaired) electrons. The van der Waals surface area contributed by atoms with E-state index in [9.17, 15) is 0 Å². The number of hydrogen-bond acceptors (Lipinski definition) is 7. The molecule has 1 aliphatic heterocycles. The van der Waals surface area contributed by atoms with Crippen LogP contribution in [0, 0.1) is 5.41 Å².